The van der Waals surface area contributed by atoms with E-state index in [0.717, 1.165) is 50.9 Å². The first-order chi connectivity index (χ1) is 15.6. The number of anilines is 1. The highest BCUT2D eigenvalue weighted by Crippen LogP contribution is 2.23. The highest BCUT2D eigenvalue weighted by atomic mass is 19.1. The van der Waals surface area contributed by atoms with Gasteiger partial charge in [-0.15, -0.1) is 0 Å². The fourth-order valence-electron chi connectivity index (χ4n) is 4.76. The molecule has 0 spiro atoms. The monoisotopic (exact) mass is 437 g/mol. The minimum Gasteiger partial charge on any atom is -0.353 e. The van der Waals surface area contributed by atoms with E-state index in [1.165, 1.54) is 37.5 Å². The van der Waals surface area contributed by atoms with E-state index in [1.54, 1.807) is 6.07 Å². The summed E-state index contributed by atoms with van der Waals surface area (Å²) in [7, 11) is 0. The molecule has 5 nitrogen and oxygen atoms in total. The van der Waals surface area contributed by atoms with Gasteiger partial charge >= 0.3 is 0 Å². The van der Waals surface area contributed by atoms with Crippen LogP contribution in [-0.2, 0) is 11.3 Å². The fraction of sp³-hybridized carbons (Fsp3) is 0.462. The van der Waals surface area contributed by atoms with Crippen molar-refractivity contribution in [3.63, 3.8) is 0 Å². The molecular weight excluding hydrogens is 405 g/mol. The van der Waals surface area contributed by atoms with E-state index in [-0.39, 0.29) is 17.7 Å². The van der Waals surface area contributed by atoms with Crippen LogP contribution in [0.15, 0.2) is 48.5 Å². The summed E-state index contributed by atoms with van der Waals surface area (Å²) in [6.45, 7) is 2.56. The predicted octanol–water partition coefficient (Wildman–Crippen LogP) is 4.74. The van der Waals surface area contributed by atoms with Gasteiger partial charge in [0.1, 0.15) is 5.82 Å². The number of benzene rings is 2. The van der Waals surface area contributed by atoms with Crippen LogP contribution in [0.25, 0.3) is 0 Å². The minimum absolute atomic E-state index is 0.116. The van der Waals surface area contributed by atoms with Crippen LogP contribution in [0, 0.1) is 11.7 Å². The average Bonchev–Trinajstić information content (AvgIpc) is 2.80. The molecule has 6 heteroatoms. The Balaban J connectivity index is 1.26. The number of likely N-dealkylation sites (tertiary alicyclic amines) is 1. The molecule has 0 bridgehead atoms. The van der Waals surface area contributed by atoms with E-state index < -0.39 is 5.82 Å². The lowest BCUT2D eigenvalue weighted by Crippen LogP contribution is -2.44. The number of hydrogen-bond donors (Lipinski definition) is 2. The van der Waals surface area contributed by atoms with Gasteiger partial charge in [0, 0.05) is 29.8 Å². The van der Waals surface area contributed by atoms with Crippen molar-refractivity contribution in [2.75, 3.05) is 18.4 Å². The van der Waals surface area contributed by atoms with Crippen molar-refractivity contribution in [1.82, 2.24) is 10.2 Å². The molecule has 2 N–H and O–H groups in total. The third-order valence-corrected chi connectivity index (χ3v) is 6.59. The molecule has 1 aliphatic heterocycles. The first kappa shape index (κ1) is 22.5. The van der Waals surface area contributed by atoms with E-state index in [2.05, 4.69) is 15.5 Å². The van der Waals surface area contributed by atoms with Crippen molar-refractivity contribution in [3.05, 3.63) is 65.5 Å². The number of piperidine rings is 1. The van der Waals surface area contributed by atoms with Crippen molar-refractivity contribution in [3.8, 4) is 0 Å². The summed E-state index contributed by atoms with van der Waals surface area (Å²) >= 11 is 0. The maximum Gasteiger partial charge on any atom is 0.255 e. The largest absolute Gasteiger partial charge is 0.353 e. The summed E-state index contributed by atoms with van der Waals surface area (Å²) in [5.74, 6) is -0.405. The SMILES string of the molecule is O=C(Nc1cccc(CN2CCC(C(=O)NC3CCCCC3)CC2)c1)c1cccc(F)c1. The molecule has 2 aliphatic rings. The summed E-state index contributed by atoms with van der Waals surface area (Å²) in [5, 5.41) is 6.12. The highest BCUT2D eigenvalue weighted by molar-refractivity contribution is 6.04. The topological polar surface area (TPSA) is 61.4 Å². The normalized spacial score (nSPS) is 18.3. The van der Waals surface area contributed by atoms with E-state index in [0.29, 0.717) is 17.3 Å². The third kappa shape index (κ3) is 6.16. The van der Waals surface area contributed by atoms with Gasteiger partial charge in [-0.1, -0.05) is 37.5 Å². The summed E-state index contributed by atoms with van der Waals surface area (Å²) in [4.78, 5) is 27.4. The third-order valence-electron chi connectivity index (χ3n) is 6.59. The van der Waals surface area contributed by atoms with E-state index >= 15 is 0 Å². The van der Waals surface area contributed by atoms with Crippen LogP contribution in [0.3, 0.4) is 0 Å². The van der Waals surface area contributed by atoms with E-state index in [9.17, 15) is 14.0 Å². The molecule has 0 atom stereocenters. The average molecular weight is 438 g/mol. The molecule has 1 saturated heterocycles. The van der Waals surface area contributed by atoms with Crippen molar-refractivity contribution in [2.45, 2.75) is 57.5 Å². The summed E-state index contributed by atoms with van der Waals surface area (Å²) in [5.41, 5.74) is 2.09. The van der Waals surface area contributed by atoms with Crippen molar-refractivity contribution >= 4 is 17.5 Å². The van der Waals surface area contributed by atoms with Crippen LogP contribution in [0.1, 0.15) is 60.9 Å². The lowest BCUT2D eigenvalue weighted by Gasteiger charge is -2.32. The number of halogens is 1. The Morgan fingerprint density at radius 3 is 2.44 bits per heavy atom. The Bertz CT molecular complexity index is 934. The fourth-order valence-corrected chi connectivity index (χ4v) is 4.76. The number of carbonyl (C=O) groups excluding carboxylic acids is 2. The molecule has 2 aromatic carbocycles. The second-order valence-electron chi connectivity index (χ2n) is 9.06. The number of hydrogen-bond acceptors (Lipinski definition) is 3. The number of carbonyl (C=O) groups is 2. The zero-order valence-corrected chi connectivity index (χ0v) is 18.5. The zero-order valence-electron chi connectivity index (χ0n) is 18.5. The molecule has 1 heterocycles. The molecular formula is C26H32FN3O2. The minimum atomic E-state index is -0.428. The number of nitrogens with zero attached hydrogens (tertiary/aromatic N) is 1. The van der Waals surface area contributed by atoms with Crippen LogP contribution < -0.4 is 10.6 Å². The lowest BCUT2D eigenvalue weighted by atomic mass is 9.92. The van der Waals surface area contributed by atoms with Crippen molar-refractivity contribution < 1.29 is 14.0 Å². The maximum absolute atomic E-state index is 13.4. The smallest absolute Gasteiger partial charge is 0.255 e. The Labute approximate surface area is 189 Å². The lowest BCUT2D eigenvalue weighted by molar-refractivity contribution is -0.127. The van der Waals surface area contributed by atoms with Crippen LogP contribution in [0.2, 0.25) is 0 Å². The van der Waals surface area contributed by atoms with E-state index in [1.807, 2.05) is 24.3 Å². The van der Waals surface area contributed by atoms with Crippen LogP contribution in [-0.4, -0.2) is 35.8 Å². The molecule has 2 amide bonds. The summed E-state index contributed by atoms with van der Waals surface area (Å²) < 4.78 is 13.4. The van der Waals surface area contributed by atoms with E-state index in [4.69, 9.17) is 0 Å². The van der Waals surface area contributed by atoms with Gasteiger partial charge in [0.05, 0.1) is 0 Å². The predicted molar refractivity (Wildman–Crippen MR) is 124 cm³/mol. The molecule has 2 aromatic rings. The molecule has 0 unspecified atom stereocenters. The zero-order chi connectivity index (χ0) is 22.3. The number of rotatable bonds is 6. The second kappa shape index (κ2) is 10.7. The number of nitrogens with one attached hydrogen (secondary N) is 2. The quantitative estimate of drug-likeness (QED) is 0.686. The van der Waals surface area contributed by atoms with Crippen LogP contribution in [0.5, 0.6) is 0 Å². The highest BCUT2D eigenvalue weighted by Gasteiger charge is 2.27. The number of amides is 2. The van der Waals surface area contributed by atoms with Crippen molar-refractivity contribution in [2.24, 2.45) is 5.92 Å². The molecule has 0 radical (unpaired) electrons. The van der Waals surface area contributed by atoms with Crippen LogP contribution >= 0.6 is 0 Å². The van der Waals surface area contributed by atoms with Gasteiger partial charge in [0.15, 0.2) is 0 Å². The molecule has 32 heavy (non-hydrogen) atoms. The van der Waals surface area contributed by atoms with Crippen molar-refractivity contribution in [1.29, 1.82) is 0 Å². The van der Waals surface area contributed by atoms with Gasteiger partial charge in [-0.25, -0.2) is 4.39 Å². The van der Waals surface area contributed by atoms with Gasteiger partial charge in [-0.05, 0) is 74.7 Å². The van der Waals surface area contributed by atoms with Crippen LogP contribution in [0.4, 0.5) is 10.1 Å². The summed E-state index contributed by atoms with van der Waals surface area (Å²) in [6, 6.07) is 13.8. The summed E-state index contributed by atoms with van der Waals surface area (Å²) in [6.07, 6.45) is 7.76. The standard InChI is InChI=1S/C26H32FN3O2/c27-22-8-5-7-21(17-22)26(32)29-24-11-4-6-19(16-24)18-30-14-12-20(13-15-30)25(31)28-23-9-2-1-3-10-23/h4-8,11,16-17,20,23H,1-3,9-10,12-15,18H2,(H,28,31)(H,29,32). The molecule has 2 fully saturated rings. The molecule has 4 rings (SSSR count). The Hall–Kier alpha value is -2.73. The van der Waals surface area contributed by atoms with Gasteiger partial charge in [-0.2, -0.15) is 0 Å². The molecule has 170 valence electrons. The first-order valence-corrected chi connectivity index (χ1v) is 11.8. The molecule has 0 aromatic heterocycles. The maximum atomic E-state index is 13.4. The van der Waals surface area contributed by atoms with Gasteiger partial charge < -0.3 is 10.6 Å². The Kier molecular flexibility index (Phi) is 7.53. The Morgan fingerprint density at radius 2 is 1.69 bits per heavy atom. The first-order valence-electron chi connectivity index (χ1n) is 11.8. The van der Waals surface area contributed by atoms with Gasteiger partial charge in [0.2, 0.25) is 5.91 Å². The van der Waals surface area contributed by atoms with Gasteiger partial charge in [0.25, 0.3) is 5.91 Å². The van der Waals surface area contributed by atoms with Gasteiger partial charge in [-0.3, -0.25) is 14.5 Å². The molecule has 1 saturated carbocycles. The second-order valence-corrected chi connectivity index (χ2v) is 9.06. The molecule has 1 aliphatic carbocycles. The Morgan fingerprint density at radius 1 is 0.938 bits per heavy atom.